The Balaban J connectivity index is 1.75. The average Bonchev–Trinajstić information content (AvgIpc) is 3.19. The van der Waals surface area contributed by atoms with Gasteiger partial charge in [-0.05, 0) is 50.2 Å². The van der Waals surface area contributed by atoms with E-state index in [4.69, 9.17) is 0 Å². The standard InChI is InChI=1S/C21H21N3O/c1-14(2)24-13-11-17-18(7-5-9-20(17)24)22-21(25)16-6-4-8-19-15(16)10-12-23(19)3/h4-14H,1-3H3,(H,22,25). The van der Waals surface area contributed by atoms with Gasteiger partial charge in [0.1, 0.15) is 0 Å². The second-order valence-electron chi connectivity index (χ2n) is 6.67. The third-order valence-corrected chi connectivity index (χ3v) is 4.74. The van der Waals surface area contributed by atoms with Crippen LogP contribution in [0, 0.1) is 0 Å². The lowest BCUT2D eigenvalue weighted by Gasteiger charge is -2.11. The molecule has 0 unspecified atom stereocenters. The van der Waals surface area contributed by atoms with Gasteiger partial charge in [-0.2, -0.15) is 0 Å². The summed E-state index contributed by atoms with van der Waals surface area (Å²) in [5.74, 6) is -0.0819. The lowest BCUT2D eigenvalue weighted by atomic mass is 10.1. The topological polar surface area (TPSA) is 39.0 Å². The Morgan fingerprint density at radius 2 is 1.64 bits per heavy atom. The lowest BCUT2D eigenvalue weighted by molar-refractivity contribution is 0.102. The van der Waals surface area contributed by atoms with Crippen molar-refractivity contribution in [3.05, 3.63) is 66.5 Å². The van der Waals surface area contributed by atoms with Crippen LogP contribution in [0.1, 0.15) is 30.2 Å². The molecule has 0 radical (unpaired) electrons. The molecule has 4 heteroatoms. The highest BCUT2D eigenvalue weighted by molar-refractivity contribution is 6.14. The fourth-order valence-electron chi connectivity index (χ4n) is 3.44. The van der Waals surface area contributed by atoms with Crippen molar-refractivity contribution in [3.8, 4) is 0 Å². The fourth-order valence-corrected chi connectivity index (χ4v) is 3.44. The van der Waals surface area contributed by atoms with Crippen molar-refractivity contribution in [1.82, 2.24) is 9.13 Å². The average molecular weight is 331 g/mol. The van der Waals surface area contributed by atoms with E-state index >= 15 is 0 Å². The molecule has 0 aliphatic heterocycles. The van der Waals surface area contributed by atoms with Crippen LogP contribution < -0.4 is 5.32 Å². The number of carbonyl (C=O) groups excluding carboxylic acids is 1. The number of aryl methyl sites for hydroxylation is 1. The van der Waals surface area contributed by atoms with Gasteiger partial charge in [-0.1, -0.05) is 12.1 Å². The summed E-state index contributed by atoms with van der Waals surface area (Å²) in [5.41, 5.74) is 3.72. The summed E-state index contributed by atoms with van der Waals surface area (Å²) >= 11 is 0. The number of amides is 1. The number of aromatic nitrogens is 2. The van der Waals surface area contributed by atoms with Crippen LogP contribution in [0.5, 0.6) is 0 Å². The van der Waals surface area contributed by atoms with Gasteiger partial charge >= 0.3 is 0 Å². The molecule has 1 N–H and O–H groups in total. The Bertz CT molecular complexity index is 1090. The van der Waals surface area contributed by atoms with Gasteiger partial charge in [-0.25, -0.2) is 0 Å². The summed E-state index contributed by atoms with van der Waals surface area (Å²) in [7, 11) is 1.99. The highest BCUT2D eigenvalue weighted by atomic mass is 16.1. The van der Waals surface area contributed by atoms with Gasteiger partial charge in [0.15, 0.2) is 0 Å². The van der Waals surface area contributed by atoms with E-state index in [-0.39, 0.29) is 5.91 Å². The normalized spacial score (nSPS) is 11.5. The molecule has 0 spiro atoms. The SMILES string of the molecule is CC(C)n1ccc2c(NC(=O)c3cccc4c3ccn4C)cccc21. The molecule has 2 aromatic carbocycles. The summed E-state index contributed by atoms with van der Waals surface area (Å²) < 4.78 is 4.23. The van der Waals surface area contributed by atoms with Crippen molar-refractivity contribution >= 4 is 33.4 Å². The Labute approximate surface area is 146 Å². The number of fused-ring (bicyclic) bond motifs is 2. The number of hydrogen-bond donors (Lipinski definition) is 1. The largest absolute Gasteiger partial charge is 0.351 e. The smallest absolute Gasteiger partial charge is 0.256 e. The molecule has 0 fully saturated rings. The maximum Gasteiger partial charge on any atom is 0.256 e. The number of nitrogens with one attached hydrogen (secondary N) is 1. The van der Waals surface area contributed by atoms with E-state index in [1.807, 2.05) is 54.2 Å². The van der Waals surface area contributed by atoms with Crippen LogP contribution in [0.4, 0.5) is 5.69 Å². The third kappa shape index (κ3) is 2.50. The number of rotatable bonds is 3. The van der Waals surface area contributed by atoms with Crippen molar-refractivity contribution < 1.29 is 4.79 Å². The van der Waals surface area contributed by atoms with E-state index < -0.39 is 0 Å². The minimum atomic E-state index is -0.0819. The van der Waals surface area contributed by atoms with E-state index in [0.717, 1.165) is 27.5 Å². The first kappa shape index (κ1) is 15.5. The predicted octanol–water partition coefficient (Wildman–Crippen LogP) is 4.97. The van der Waals surface area contributed by atoms with E-state index in [1.54, 1.807) is 0 Å². The molecule has 0 bridgehead atoms. The van der Waals surface area contributed by atoms with Gasteiger partial charge < -0.3 is 14.5 Å². The molecule has 0 atom stereocenters. The van der Waals surface area contributed by atoms with Crippen LogP contribution in [-0.2, 0) is 7.05 Å². The first-order valence-corrected chi connectivity index (χ1v) is 8.51. The van der Waals surface area contributed by atoms with Gasteiger partial charge in [0.25, 0.3) is 5.91 Å². The van der Waals surface area contributed by atoms with Crippen LogP contribution in [0.25, 0.3) is 21.8 Å². The Hall–Kier alpha value is -3.01. The lowest BCUT2D eigenvalue weighted by Crippen LogP contribution is -2.12. The summed E-state index contributed by atoms with van der Waals surface area (Å²) in [5, 5.41) is 5.12. The molecule has 2 heterocycles. The second-order valence-corrected chi connectivity index (χ2v) is 6.67. The van der Waals surface area contributed by atoms with Gasteiger partial charge in [0, 0.05) is 47.3 Å². The molecule has 0 saturated carbocycles. The van der Waals surface area contributed by atoms with Gasteiger partial charge in [0.05, 0.1) is 11.2 Å². The zero-order valence-corrected chi connectivity index (χ0v) is 14.7. The zero-order chi connectivity index (χ0) is 17.6. The van der Waals surface area contributed by atoms with Crippen molar-refractivity contribution in [2.75, 3.05) is 5.32 Å². The minimum absolute atomic E-state index is 0.0819. The van der Waals surface area contributed by atoms with Gasteiger partial charge in [0.2, 0.25) is 0 Å². The minimum Gasteiger partial charge on any atom is -0.351 e. The molecule has 4 aromatic rings. The highest BCUT2D eigenvalue weighted by Gasteiger charge is 2.14. The van der Waals surface area contributed by atoms with Gasteiger partial charge in [-0.15, -0.1) is 0 Å². The molecular weight excluding hydrogens is 310 g/mol. The molecule has 4 nitrogen and oxygen atoms in total. The molecular formula is C21H21N3O. The second kappa shape index (κ2) is 5.81. The quantitative estimate of drug-likeness (QED) is 0.566. The maximum absolute atomic E-state index is 12.9. The Morgan fingerprint density at radius 3 is 2.44 bits per heavy atom. The Morgan fingerprint density at radius 1 is 0.920 bits per heavy atom. The predicted molar refractivity (Wildman–Crippen MR) is 103 cm³/mol. The van der Waals surface area contributed by atoms with Gasteiger partial charge in [-0.3, -0.25) is 4.79 Å². The number of carbonyl (C=O) groups is 1. The summed E-state index contributed by atoms with van der Waals surface area (Å²) in [6, 6.07) is 16.3. The van der Waals surface area contributed by atoms with Crippen molar-refractivity contribution in [1.29, 1.82) is 0 Å². The summed E-state index contributed by atoms with van der Waals surface area (Å²) in [4.78, 5) is 12.9. The van der Waals surface area contributed by atoms with Crippen LogP contribution >= 0.6 is 0 Å². The number of hydrogen-bond acceptors (Lipinski definition) is 1. The molecule has 0 saturated heterocycles. The number of nitrogens with zero attached hydrogens (tertiary/aromatic N) is 2. The molecule has 0 aliphatic carbocycles. The summed E-state index contributed by atoms with van der Waals surface area (Å²) in [6.07, 6.45) is 4.05. The van der Waals surface area contributed by atoms with Crippen molar-refractivity contribution in [2.45, 2.75) is 19.9 Å². The number of benzene rings is 2. The van der Waals surface area contributed by atoms with E-state index in [0.29, 0.717) is 11.6 Å². The first-order valence-electron chi connectivity index (χ1n) is 8.51. The molecule has 25 heavy (non-hydrogen) atoms. The fraction of sp³-hybridized carbons (Fsp3) is 0.190. The van der Waals surface area contributed by atoms with Crippen molar-refractivity contribution in [3.63, 3.8) is 0 Å². The van der Waals surface area contributed by atoms with E-state index in [1.165, 1.54) is 0 Å². The third-order valence-electron chi connectivity index (χ3n) is 4.74. The van der Waals surface area contributed by atoms with Crippen LogP contribution in [0.3, 0.4) is 0 Å². The van der Waals surface area contributed by atoms with Crippen LogP contribution in [0.2, 0.25) is 0 Å². The molecule has 0 aliphatic rings. The molecule has 2 aromatic heterocycles. The highest BCUT2D eigenvalue weighted by Crippen LogP contribution is 2.28. The molecule has 126 valence electrons. The summed E-state index contributed by atoms with van der Waals surface area (Å²) in [6.45, 7) is 4.31. The van der Waals surface area contributed by atoms with Crippen LogP contribution in [-0.4, -0.2) is 15.0 Å². The zero-order valence-electron chi connectivity index (χ0n) is 14.7. The Kier molecular flexibility index (Phi) is 3.61. The number of anilines is 1. The van der Waals surface area contributed by atoms with E-state index in [2.05, 4.69) is 42.1 Å². The van der Waals surface area contributed by atoms with Crippen LogP contribution in [0.15, 0.2) is 60.9 Å². The van der Waals surface area contributed by atoms with E-state index in [9.17, 15) is 4.79 Å². The monoisotopic (exact) mass is 331 g/mol. The first-order chi connectivity index (χ1) is 12.1. The molecule has 1 amide bonds. The van der Waals surface area contributed by atoms with Crippen molar-refractivity contribution in [2.24, 2.45) is 7.05 Å². The molecule has 4 rings (SSSR count). The maximum atomic E-state index is 12.9.